The van der Waals surface area contributed by atoms with Gasteiger partial charge in [-0.1, -0.05) is 18.6 Å². The van der Waals surface area contributed by atoms with E-state index in [1.807, 2.05) is 37.8 Å². The van der Waals surface area contributed by atoms with Crippen LogP contribution in [0.25, 0.3) is 11.1 Å². The van der Waals surface area contributed by atoms with Gasteiger partial charge in [-0.05, 0) is 55.7 Å². The van der Waals surface area contributed by atoms with Gasteiger partial charge in [0, 0.05) is 55.3 Å². The van der Waals surface area contributed by atoms with E-state index in [0.29, 0.717) is 18.4 Å². The smallest absolute Gasteiger partial charge is 0.229 e. The molecule has 1 aromatic carbocycles. The Hall–Kier alpha value is -3.42. The molecule has 0 saturated heterocycles. The quantitative estimate of drug-likeness (QED) is 0.405. The van der Waals surface area contributed by atoms with Crippen LogP contribution in [0, 0.1) is 5.92 Å². The molecule has 0 aliphatic heterocycles. The zero-order valence-corrected chi connectivity index (χ0v) is 19.1. The highest BCUT2D eigenvalue weighted by molar-refractivity contribution is 5.79. The van der Waals surface area contributed by atoms with Crippen molar-refractivity contribution in [3.63, 3.8) is 0 Å². The van der Waals surface area contributed by atoms with E-state index in [-0.39, 0.29) is 11.8 Å². The molecule has 0 radical (unpaired) electrons. The van der Waals surface area contributed by atoms with Crippen molar-refractivity contribution in [3.05, 3.63) is 48.4 Å². The minimum Gasteiger partial charge on any atom is -0.370 e. The topological polar surface area (TPSA) is 96.8 Å². The van der Waals surface area contributed by atoms with Crippen LogP contribution in [0.15, 0.2) is 42.9 Å². The Morgan fingerprint density at radius 1 is 1.06 bits per heavy atom. The fraction of sp³-hybridized carbons (Fsp3) is 0.440. The zero-order valence-electron chi connectivity index (χ0n) is 19.1. The summed E-state index contributed by atoms with van der Waals surface area (Å²) in [5.74, 6) is 2.48. The van der Waals surface area contributed by atoms with Crippen LogP contribution >= 0.6 is 0 Å². The van der Waals surface area contributed by atoms with Gasteiger partial charge in [-0.15, -0.1) is 0 Å². The van der Waals surface area contributed by atoms with E-state index in [1.54, 1.807) is 4.68 Å². The van der Waals surface area contributed by atoms with Gasteiger partial charge in [-0.3, -0.25) is 9.48 Å². The van der Waals surface area contributed by atoms with Gasteiger partial charge in [0.2, 0.25) is 11.9 Å². The normalized spacial score (nSPS) is 15.7. The molecule has 3 N–H and O–H groups in total. The number of carbonyl (C=O) groups excluding carboxylic acids is 1. The number of amides is 1. The lowest BCUT2D eigenvalue weighted by molar-refractivity contribution is -0.127. The number of hydrogen-bond donors (Lipinski definition) is 3. The molecule has 5 rings (SSSR count). The average Bonchev–Trinajstić information content (AvgIpc) is 3.53. The van der Waals surface area contributed by atoms with Gasteiger partial charge in [0.25, 0.3) is 0 Å². The molecule has 2 heterocycles. The van der Waals surface area contributed by atoms with Gasteiger partial charge in [0.15, 0.2) is 0 Å². The molecule has 8 nitrogen and oxygen atoms in total. The fourth-order valence-corrected chi connectivity index (χ4v) is 4.05. The first-order valence-electron chi connectivity index (χ1n) is 11.9. The maximum Gasteiger partial charge on any atom is 0.229 e. The molecule has 8 heteroatoms. The Morgan fingerprint density at radius 3 is 2.55 bits per heavy atom. The second-order valence-electron chi connectivity index (χ2n) is 9.08. The maximum absolute atomic E-state index is 12.0. The molecule has 1 amide bonds. The molecule has 2 aliphatic carbocycles. The number of carbonyl (C=O) groups is 1. The van der Waals surface area contributed by atoms with Crippen LogP contribution in [0.1, 0.15) is 50.0 Å². The predicted molar refractivity (Wildman–Crippen MR) is 129 cm³/mol. The van der Waals surface area contributed by atoms with Crippen LogP contribution in [0.4, 0.5) is 17.5 Å². The summed E-state index contributed by atoms with van der Waals surface area (Å²) in [6, 6.07) is 8.18. The molecule has 2 fully saturated rings. The molecule has 0 bridgehead atoms. The lowest BCUT2D eigenvalue weighted by Crippen LogP contribution is -2.35. The van der Waals surface area contributed by atoms with Crippen LogP contribution in [0.2, 0.25) is 0 Å². The van der Waals surface area contributed by atoms with Gasteiger partial charge in [0.05, 0.1) is 6.20 Å². The van der Waals surface area contributed by atoms with Gasteiger partial charge in [0.1, 0.15) is 5.82 Å². The van der Waals surface area contributed by atoms with Gasteiger partial charge < -0.3 is 16.0 Å². The number of aromatic nitrogens is 4. The molecule has 0 unspecified atom stereocenters. The first kappa shape index (κ1) is 21.4. The monoisotopic (exact) mass is 445 g/mol. The summed E-state index contributed by atoms with van der Waals surface area (Å²) in [5, 5.41) is 14.1. The Kier molecular flexibility index (Phi) is 6.24. The Morgan fingerprint density at radius 2 is 1.88 bits per heavy atom. The number of aryl methyl sites for hydroxylation is 1. The van der Waals surface area contributed by atoms with Crippen molar-refractivity contribution in [2.24, 2.45) is 13.0 Å². The second-order valence-corrected chi connectivity index (χ2v) is 9.08. The Bertz CT molecular complexity index is 1100. The minimum atomic E-state index is 0.211. The van der Waals surface area contributed by atoms with Gasteiger partial charge in [-0.2, -0.15) is 10.1 Å². The Labute approximate surface area is 194 Å². The first-order chi connectivity index (χ1) is 16.2. The lowest BCUT2D eigenvalue weighted by Gasteiger charge is -2.24. The molecular formula is C25H31N7O. The largest absolute Gasteiger partial charge is 0.370 e. The number of hydrogen-bond acceptors (Lipinski definition) is 6. The summed E-state index contributed by atoms with van der Waals surface area (Å²) in [5.41, 5.74) is 4.33. The molecule has 0 atom stereocenters. The molecule has 2 saturated carbocycles. The third kappa shape index (κ3) is 5.32. The maximum atomic E-state index is 12.0. The first-order valence-corrected chi connectivity index (χ1v) is 11.9. The standard InChI is InChI=1S/C25H31N7O/c1-32-16-20(14-29-32)17-8-10-21(11-9-17)30-25-28-15-22(18-6-7-18)23(31-25)26-12-3-13-27-24(33)19-4-2-5-19/h8-11,14-16,18-19H,2-7,12-13H2,1H3,(H,27,33)(H2,26,28,30,31). The summed E-state index contributed by atoms with van der Waals surface area (Å²) in [6.07, 6.45) is 12.3. The molecule has 0 spiro atoms. The van der Waals surface area contributed by atoms with Crippen molar-refractivity contribution in [1.82, 2.24) is 25.1 Å². The highest BCUT2D eigenvalue weighted by atomic mass is 16.1. The Balaban J connectivity index is 1.18. The number of anilines is 3. The van der Waals surface area contributed by atoms with Crippen LogP contribution in [-0.2, 0) is 11.8 Å². The minimum absolute atomic E-state index is 0.211. The van der Waals surface area contributed by atoms with Crippen LogP contribution in [-0.4, -0.2) is 38.7 Å². The fourth-order valence-electron chi connectivity index (χ4n) is 4.05. The zero-order chi connectivity index (χ0) is 22.6. The summed E-state index contributed by atoms with van der Waals surface area (Å²) < 4.78 is 1.80. The highest BCUT2D eigenvalue weighted by Crippen LogP contribution is 2.42. The van der Waals surface area contributed by atoms with Crippen molar-refractivity contribution in [2.75, 3.05) is 23.7 Å². The van der Waals surface area contributed by atoms with E-state index in [0.717, 1.165) is 48.4 Å². The van der Waals surface area contributed by atoms with Crippen molar-refractivity contribution in [1.29, 1.82) is 0 Å². The third-order valence-electron chi connectivity index (χ3n) is 6.43. The third-order valence-corrected chi connectivity index (χ3v) is 6.43. The SMILES string of the molecule is Cn1cc(-c2ccc(Nc3ncc(C4CC4)c(NCCCNC(=O)C4CCC4)n3)cc2)cn1. The van der Waals surface area contributed by atoms with Crippen LogP contribution < -0.4 is 16.0 Å². The molecule has 172 valence electrons. The van der Waals surface area contributed by atoms with Crippen molar-refractivity contribution in [2.45, 2.75) is 44.4 Å². The molecule has 33 heavy (non-hydrogen) atoms. The summed E-state index contributed by atoms with van der Waals surface area (Å²) >= 11 is 0. The molecule has 3 aromatic rings. The molecular weight excluding hydrogens is 414 g/mol. The van der Waals surface area contributed by atoms with Crippen molar-refractivity contribution >= 4 is 23.4 Å². The average molecular weight is 446 g/mol. The molecule has 2 aliphatic rings. The van der Waals surface area contributed by atoms with E-state index >= 15 is 0 Å². The van der Waals surface area contributed by atoms with Crippen LogP contribution in [0.5, 0.6) is 0 Å². The van der Waals surface area contributed by atoms with E-state index in [1.165, 1.54) is 24.8 Å². The van der Waals surface area contributed by atoms with Gasteiger partial charge >= 0.3 is 0 Å². The predicted octanol–water partition coefficient (Wildman–Crippen LogP) is 4.22. The molecule has 2 aromatic heterocycles. The van der Waals surface area contributed by atoms with Crippen molar-refractivity contribution < 1.29 is 4.79 Å². The van der Waals surface area contributed by atoms with E-state index < -0.39 is 0 Å². The number of benzene rings is 1. The van der Waals surface area contributed by atoms with Crippen molar-refractivity contribution in [3.8, 4) is 11.1 Å². The second kappa shape index (κ2) is 9.60. The number of nitrogens with zero attached hydrogens (tertiary/aromatic N) is 4. The van der Waals surface area contributed by atoms with E-state index in [4.69, 9.17) is 4.98 Å². The highest BCUT2D eigenvalue weighted by Gasteiger charge is 2.28. The summed E-state index contributed by atoms with van der Waals surface area (Å²) in [6.45, 7) is 1.46. The lowest BCUT2D eigenvalue weighted by atomic mass is 9.85. The number of nitrogens with one attached hydrogen (secondary N) is 3. The summed E-state index contributed by atoms with van der Waals surface area (Å²) in [4.78, 5) is 21.3. The van der Waals surface area contributed by atoms with Crippen LogP contribution in [0.3, 0.4) is 0 Å². The van der Waals surface area contributed by atoms with Gasteiger partial charge in [-0.25, -0.2) is 4.98 Å². The number of rotatable bonds is 10. The van der Waals surface area contributed by atoms with E-state index in [2.05, 4.69) is 38.2 Å². The summed E-state index contributed by atoms with van der Waals surface area (Å²) in [7, 11) is 1.92. The van der Waals surface area contributed by atoms with E-state index in [9.17, 15) is 4.79 Å².